The molecule has 7 nitrogen and oxygen atoms in total. The molecule has 0 radical (unpaired) electrons. The summed E-state index contributed by atoms with van der Waals surface area (Å²) in [6, 6.07) is 10.4. The summed E-state index contributed by atoms with van der Waals surface area (Å²) in [5.41, 5.74) is 3.38. The number of methoxy groups -OCH3 is 1. The number of nitrogens with one attached hydrogen (secondary N) is 1. The van der Waals surface area contributed by atoms with E-state index in [1.54, 1.807) is 37.4 Å². The number of anilines is 1. The van der Waals surface area contributed by atoms with E-state index >= 15 is 0 Å². The first-order chi connectivity index (χ1) is 14.0. The number of hydrogen-bond donors (Lipinski definition) is 1. The summed E-state index contributed by atoms with van der Waals surface area (Å²) in [5.74, 6) is -0.172. The van der Waals surface area contributed by atoms with Crippen molar-refractivity contribution in [1.29, 1.82) is 0 Å². The van der Waals surface area contributed by atoms with Crippen molar-refractivity contribution in [2.24, 2.45) is 0 Å². The highest BCUT2D eigenvalue weighted by molar-refractivity contribution is 6.00. The lowest BCUT2D eigenvalue weighted by atomic mass is 9.99. The van der Waals surface area contributed by atoms with Crippen molar-refractivity contribution in [3.05, 3.63) is 59.4 Å². The number of rotatable bonds is 6. The monoisotopic (exact) mass is 393 g/mol. The van der Waals surface area contributed by atoms with E-state index in [-0.39, 0.29) is 24.7 Å². The maximum Gasteiger partial charge on any atom is 0.310 e. The maximum atomic E-state index is 12.4. The summed E-state index contributed by atoms with van der Waals surface area (Å²) in [6.45, 7) is -0.340. The molecule has 7 heteroatoms. The molecule has 0 bridgehead atoms. The molecule has 1 amide bonds. The van der Waals surface area contributed by atoms with Gasteiger partial charge in [-0.15, -0.1) is 0 Å². The van der Waals surface area contributed by atoms with E-state index in [4.69, 9.17) is 13.9 Å². The molecule has 0 fully saturated rings. The van der Waals surface area contributed by atoms with E-state index in [0.29, 0.717) is 35.3 Å². The summed E-state index contributed by atoms with van der Waals surface area (Å²) in [6.07, 6.45) is 2.48. The van der Waals surface area contributed by atoms with Crippen LogP contribution in [0.15, 0.2) is 47.1 Å². The van der Waals surface area contributed by atoms with Gasteiger partial charge in [-0.05, 0) is 42.3 Å². The van der Waals surface area contributed by atoms with Gasteiger partial charge in [0.05, 0.1) is 19.8 Å². The third-order valence-corrected chi connectivity index (χ3v) is 4.88. The van der Waals surface area contributed by atoms with Gasteiger partial charge in [0.2, 0.25) is 5.91 Å². The maximum absolute atomic E-state index is 12.4. The lowest BCUT2D eigenvalue weighted by Crippen LogP contribution is -2.20. The van der Waals surface area contributed by atoms with Gasteiger partial charge in [0.15, 0.2) is 12.4 Å². The molecule has 2 aromatic carbocycles. The molecular formula is C22H19NO6. The van der Waals surface area contributed by atoms with Gasteiger partial charge in [0.1, 0.15) is 11.3 Å². The van der Waals surface area contributed by atoms with Crippen molar-refractivity contribution in [3.8, 4) is 5.75 Å². The van der Waals surface area contributed by atoms with Crippen LogP contribution >= 0.6 is 0 Å². The summed E-state index contributed by atoms with van der Waals surface area (Å²) >= 11 is 0. The third-order valence-electron chi connectivity index (χ3n) is 4.88. The van der Waals surface area contributed by atoms with Crippen LogP contribution < -0.4 is 10.1 Å². The van der Waals surface area contributed by atoms with Crippen molar-refractivity contribution < 1.29 is 28.3 Å². The van der Waals surface area contributed by atoms with E-state index in [2.05, 4.69) is 5.32 Å². The first-order valence-electron chi connectivity index (χ1n) is 9.19. The van der Waals surface area contributed by atoms with Crippen molar-refractivity contribution in [3.63, 3.8) is 0 Å². The Bertz CT molecular complexity index is 1110. The molecule has 1 N–H and O–H groups in total. The van der Waals surface area contributed by atoms with Crippen LogP contribution in [0.4, 0.5) is 5.69 Å². The molecule has 0 saturated heterocycles. The SMILES string of the molecule is COc1ccc2c(CC(=O)OCC(=O)c3ccc4c(c3)CCC(=O)N4)coc2c1. The minimum Gasteiger partial charge on any atom is -0.497 e. The second-order valence-corrected chi connectivity index (χ2v) is 6.80. The van der Waals surface area contributed by atoms with Crippen molar-refractivity contribution >= 4 is 34.3 Å². The van der Waals surface area contributed by atoms with Gasteiger partial charge in [0, 0.05) is 34.7 Å². The number of Topliss-reactive ketones (excluding diaryl/α,β-unsaturated/α-hetero) is 1. The zero-order valence-electron chi connectivity index (χ0n) is 15.8. The molecule has 1 aromatic heterocycles. The Balaban J connectivity index is 1.37. The predicted molar refractivity (Wildman–Crippen MR) is 105 cm³/mol. The van der Waals surface area contributed by atoms with E-state index in [1.807, 2.05) is 6.07 Å². The molecule has 0 aliphatic carbocycles. The molecule has 29 heavy (non-hydrogen) atoms. The van der Waals surface area contributed by atoms with Gasteiger partial charge in [-0.25, -0.2) is 0 Å². The van der Waals surface area contributed by atoms with Gasteiger partial charge in [-0.1, -0.05) is 0 Å². The predicted octanol–water partition coefficient (Wildman–Crippen LogP) is 3.29. The third kappa shape index (κ3) is 3.99. The van der Waals surface area contributed by atoms with E-state index in [1.165, 1.54) is 6.26 Å². The van der Waals surface area contributed by atoms with Crippen molar-refractivity contribution in [1.82, 2.24) is 0 Å². The van der Waals surface area contributed by atoms with E-state index in [0.717, 1.165) is 16.6 Å². The summed E-state index contributed by atoms with van der Waals surface area (Å²) in [5, 5.41) is 3.57. The largest absolute Gasteiger partial charge is 0.497 e. The molecule has 0 unspecified atom stereocenters. The first kappa shape index (κ1) is 18.7. The number of benzene rings is 2. The van der Waals surface area contributed by atoms with E-state index in [9.17, 15) is 14.4 Å². The number of fused-ring (bicyclic) bond motifs is 2. The van der Waals surface area contributed by atoms with Gasteiger partial charge in [-0.2, -0.15) is 0 Å². The van der Waals surface area contributed by atoms with Gasteiger partial charge in [-0.3, -0.25) is 14.4 Å². The molecule has 0 atom stereocenters. The fourth-order valence-electron chi connectivity index (χ4n) is 3.32. The standard InChI is InChI=1S/C22H19NO6/c1-27-16-4-5-17-15(11-28-20(17)10-16)9-22(26)29-12-19(24)14-2-6-18-13(8-14)3-7-21(25)23-18/h2,4-6,8,10-11H,3,7,9,12H2,1H3,(H,23,25). The highest BCUT2D eigenvalue weighted by Gasteiger charge is 2.18. The average molecular weight is 393 g/mol. The number of furan rings is 1. The van der Waals surface area contributed by atoms with Gasteiger partial charge < -0.3 is 19.2 Å². The van der Waals surface area contributed by atoms with Crippen LogP contribution in [0.1, 0.15) is 27.9 Å². The van der Waals surface area contributed by atoms with Crippen molar-refractivity contribution in [2.75, 3.05) is 19.0 Å². The number of amides is 1. The first-order valence-corrected chi connectivity index (χ1v) is 9.19. The molecule has 1 aliphatic rings. The minimum absolute atomic E-state index is 0.00281. The Kier molecular flexibility index (Phi) is 5.03. The number of carbonyl (C=O) groups excluding carboxylic acids is 3. The highest BCUT2D eigenvalue weighted by Crippen LogP contribution is 2.26. The number of ether oxygens (including phenoxy) is 2. The molecule has 2 heterocycles. The topological polar surface area (TPSA) is 94.8 Å². The van der Waals surface area contributed by atoms with Gasteiger partial charge in [0.25, 0.3) is 0 Å². The Morgan fingerprint density at radius 3 is 2.83 bits per heavy atom. The van der Waals surface area contributed by atoms with Crippen LogP contribution in [0.3, 0.4) is 0 Å². The van der Waals surface area contributed by atoms with Gasteiger partial charge >= 0.3 is 5.97 Å². The molecule has 0 spiro atoms. The fraction of sp³-hybridized carbons (Fsp3) is 0.227. The number of carbonyl (C=O) groups is 3. The number of aryl methyl sites for hydroxylation is 1. The second-order valence-electron chi connectivity index (χ2n) is 6.80. The van der Waals surface area contributed by atoms with Crippen LogP contribution in [0.25, 0.3) is 11.0 Å². The smallest absolute Gasteiger partial charge is 0.310 e. The Labute approximate surface area is 166 Å². The minimum atomic E-state index is -0.512. The Morgan fingerprint density at radius 2 is 2.00 bits per heavy atom. The number of hydrogen-bond acceptors (Lipinski definition) is 6. The molecular weight excluding hydrogens is 374 g/mol. The molecule has 148 valence electrons. The summed E-state index contributed by atoms with van der Waals surface area (Å²) in [7, 11) is 1.57. The van der Waals surface area contributed by atoms with E-state index < -0.39 is 5.97 Å². The summed E-state index contributed by atoms with van der Waals surface area (Å²) < 4.78 is 15.8. The molecule has 4 rings (SSSR count). The van der Waals surface area contributed by atoms with Crippen LogP contribution in [0, 0.1) is 0 Å². The molecule has 1 aliphatic heterocycles. The Morgan fingerprint density at radius 1 is 1.14 bits per heavy atom. The zero-order chi connectivity index (χ0) is 20.4. The van der Waals surface area contributed by atoms with Crippen LogP contribution in [-0.4, -0.2) is 31.4 Å². The zero-order valence-corrected chi connectivity index (χ0v) is 15.8. The normalized spacial score (nSPS) is 12.9. The lowest BCUT2D eigenvalue weighted by Gasteiger charge is -2.17. The quantitative estimate of drug-likeness (QED) is 0.510. The lowest BCUT2D eigenvalue weighted by molar-refractivity contribution is -0.141. The highest BCUT2D eigenvalue weighted by atomic mass is 16.5. The number of ketones is 1. The molecule has 3 aromatic rings. The molecule has 0 saturated carbocycles. The van der Waals surface area contributed by atoms with Crippen molar-refractivity contribution in [2.45, 2.75) is 19.3 Å². The fourth-order valence-corrected chi connectivity index (χ4v) is 3.32. The van der Waals surface area contributed by atoms with Crippen LogP contribution in [0.2, 0.25) is 0 Å². The van der Waals surface area contributed by atoms with Crippen LogP contribution in [0.5, 0.6) is 5.75 Å². The van der Waals surface area contributed by atoms with Crippen LogP contribution in [-0.2, 0) is 27.2 Å². The Hall–Kier alpha value is -3.61. The number of esters is 1. The average Bonchev–Trinajstić information content (AvgIpc) is 3.13. The summed E-state index contributed by atoms with van der Waals surface area (Å²) in [4.78, 5) is 36.0. The second kappa shape index (κ2) is 7.79.